The van der Waals surface area contributed by atoms with E-state index in [4.69, 9.17) is 0 Å². The summed E-state index contributed by atoms with van der Waals surface area (Å²) in [6.45, 7) is 10.9. The third kappa shape index (κ3) is 6.46. The topological polar surface area (TPSA) is 18.5 Å². The lowest BCUT2D eigenvalue weighted by atomic mass is 10.3. The number of hydrogen-bond acceptors (Lipinski definition) is 3. The molecule has 1 aliphatic rings. The molecular formula is C13H29N3. The Morgan fingerprint density at radius 2 is 1.88 bits per heavy atom. The van der Waals surface area contributed by atoms with E-state index in [2.05, 4.69) is 29.1 Å². The lowest BCUT2D eigenvalue weighted by Crippen LogP contribution is -2.32. The zero-order chi connectivity index (χ0) is 11.6. The highest BCUT2D eigenvalue weighted by atomic mass is 15.1. The predicted molar refractivity (Wildman–Crippen MR) is 70.9 cm³/mol. The summed E-state index contributed by atoms with van der Waals surface area (Å²) in [7, 11) is 2.23. The van der Waals surface area contributed by atoms with Crippen LogP contribution in [0.2, 0.25) is 0 Å². The van der Waals surface area contributed by atoms with E-state index in [-0.39, 0.29) is 0 Å². The van der Waals surface area contributed by atoms with Gasteiger partial charge in [0, 0.05) is 13.1 Å². The van der Waals surface area contributed by atoms with E-state index in [1.54, 1.807) is 0 Å². The molecule has 0 bridgehead atoms. The van der Waals surface area contributed by atoms with Gasteiger partial charge in [0.2, 0.25) is 0 Å². The molecule has 1 heterocycles. The van der Waals surface area contributed by atoms with Gasteiger partial charge in [-0.1, -0.05) is 6.92 Å². The van der Waals surface area contributed by atoms with Gasteiger partial charge in [0.05, 0.1) is 0 Å². The van der Waals surface area contributed by atoms with Gasteiger partial charge >= 0.3 is 0 Å². The van der Waals surface area contributed by atoms with Crippen molar-refractivity contribution in [2.75, 3.05) is 52.9 Å². The van der Waals surface area contributed by atoms with E-state index < -0.39 is 0 Å². The molecule has 16 heavy (non-hydrogen) atoms. The molecule has 0 saturated carbocycles. The standard InChI is InChI=1S/C13H29N3/c1-3-7-14-8-13-15(2)9-6-12-16-10-4-5-11-16/h14H,3-13H2,1-2H3. The maximum absolute atomic E-state index is 3.45. The van der Waals surface area contributed by atoms with Crippen molar-refractivity contribution in [1.82, 2.24) is 15.1 Å². The highest BCUT2D eigenvalue weighted by Gasteiger charge is 2.10. The summed E-state index contributed by atoms with van der Waals surface area (Å²) in [5.41, 5.74) is 0. The van der Waals surface area contributed by atoms with Gasteiger partial charge in [0.25, 0.3) is 0 Å². The van der Waals surface area contributed by atoms with Gasteiger partial charge in [-0.3, -0.25) is 0 Å². The molecule has 1 aliphatic heterocycles. The highest BCUT2D eigenvalue weighted by molar-refractivity contribution is 4.66. The molecule has 1 rings (SSSR count). The van der Waals surface area contributed by atoms with E-state index in [0.29, 0.717) is 0 Å². The van der Waals surface area contributed by atoms with E-state index in [1.165, 1.54) is 58.4 Å². The largest absolute Gasteiger partial charge is 0.315 e. The van der Waals surface area contributed by atoms with Gasteiger partial charge in [0.15, 0.2) is 0 Å². The molecule has 1 N–H and O–H groups in total. The molecule has 0 amide bonds. The summed E-state index contributed by atoms with van der Waals surface area (Å²) in [4.78, 5) is 5.04. The third-order valence-corrected chi connectivity index (χ3v) is 3.31. The van der Waals surface area contributed by atoms with Crippen molar-refractivity contribution in [3.63, 3.8) is 0 Å². The van der Waals surface area contributed by atoms with E-state index in [1.807, 2.05) is 0 Å². The Bertz CT molecular complexity index is 155. The van der Waals surface area contributed by atoms with Crippen molar-refractivity contribution in [1.29, 1.82) is 0 Å². The van der Waals surface area contributed by atoms with Crippen molar-refractivity contribution < 1.29 is 0 Å². The number of likely N-dealkylation sites (tertiary alicyclic amines) is 1. The molecule has 96 valence electrons. The van der Waals surface area contributed by atoms with Crippen LogP contribution in [0.25, 0.3) is 0 Å². The molecule has 0 radical (unpaired) electrons. The fourth-order valence-electron chi connectivity index (χ4n) is 2.25. The van der Waals surface area contributed by atoms with Crippen LogP contribution < -0.4 is 5.32 Å². The number of hydrogen-bond donors (Lipinski definition) is 1. The molecule has 1 saturated heterocycles. The van der Waals surface area contributed by atoms with Gasteiger partial charge in [-0.25, -0.2) is 0 Å². The van der Waals surface area contributed by atoms with Crippen LogP contribution in [0.1, 0.15) is 32.6 Å². The van der Waals surface area contributed by atoms with Crippen LogP contribution in [0.3, 0.4) is 0 Å². The second kappa shape index (κ2) is 8.97. The molecule has 0 aromatic carbocycles. The number of nitrogens with zero attached hydrogens (tertiary/aromatic N) is 2. The summed E-state index contributed by atoms with van der Waals surface area (Å²) < 4.78 is 0. The quantitative estimate of drug-likeness (QED) is 0.601. The van der Waals surface area contributed by atoms with Crippen LogP contribution in [0.15, 0.2) is 0 Å². The van der Waals surface area contributed by atoms with Gasteiger partial charge in [0.1, 0.15) is 0 Å². The van der Waals surface area contributed by atoms with Crippen LogP contribution >= 0.6 is 0 Å². The van der Waals surface area contributed by atoms with Crippen LogP contribution in [-0.4, -0.2) is 62.7 Å². The molecule has 0 aromatic heterocycles. The monoisotopic (exact) mass is 227 g/mol. The third-order valence-electron chi connectivity index (χ3n) is 3.31. The maximum Gasteiger partial charge on any atom is 0.0104 e. The zero-order valence-electron chi connectivity index (χ0n) is 11.2. The summed E-state index contributed by atoms with van der Waals surface area (Å²) in [5.74, 6) is 0. The Labute approximate surface area is 101 Å². The average Bonchev–Trinajstić information content (AvgIpc) is 2.77. The summed E-state index contributed by atoms with van der Waals surface area (Å²) in [6.07, 6.45) is 5.39. The van der Waals surface area contributed by atoms with Crippen molar-refractivity contribution in [2.24, 2.45) is 0 Å². The summed E-state index contributed by atoms with van der Waals surface area (Å²) in [6, 6.07) is 0. The smallest absolute Gasteiger partial charge is 0.0104 e. The normalized spacial score (nSPS) is 17.4. The number of rotatable bonds is 9. The molecule has 0 spiro atoms. The SMILES string of the molecule is CCCNCCN(C)CCCN1CCCC1. The molecule has 3 heteroatoms. The molecule has 0 unspecified atom stereocenters. The molecular weight excluding hydrogens is 198 g/mol. The van der Waals surface area contributed by atoms with Gasteiger partial charge in [-0.2, -0.15) is 0 Å². The van der Waals surface area contributed by atoms with E-state index in [9.17, 15) is 0 Å². The van der Waals surface area contributed by atoms with Crippen LogP contribution in [0.5, 0.6) is 0 Å². The van der Waals surface area contributed by atoms with Crippen LogP contribution in [0, 0.1) is 0 Å². The summed E-state index contributed by atoms with van der Waals surface area (Å²) in [5, 5.41) is 3.45. The first-order chi connectivity index (χ1) is 7.83. The van der Waals surface area contributed by atoms with E-state index in [0.717, 1.165) is 13.1 Å². The van der Waals surface area contributed by atoms with Crippen molar-refractivity contribution in [3.05, 3.63) is 0 Å². The van der Waals surface area contributed by atoms with Gasteiger partial charge in [-0.15, -0.1) is 0 Å². The van der Waals surface area contributed by atoms with Gasteiger partial charge in [-0.05, 0) is 65.5 Å². The lowest BCUT2D eigenvalue weighted by molar-refractivity contribution is 0.279. The molecule has 0 atom stereocenters. The first-order valence-corrected chi connectivity index (χ1v) is 6.94. The Balaban J connectivity index is 1.87. The fraction of sp³-hybridized carbons (Fsp3) is 1.00. The first kappa shape index (κ1) is 13.9. The average molecular weight is 227 g/mol. The van der Waals surface area contributed by atoms with Gasteiger partial charge < -0.3 is 15.1 Å². The fourth-order valence-corrected chi connectivity index (χ4v) is 2.25. The number of nitrogens with one attached hydrogen (secondary N) is 1. The minimum atomic E-state index is 1.13. The highest BCUT2D eigenvalue weighted by Crippen LogP contribution is 2.07. The lowest BCUT2D eigenvalue weighted by Gasteiger charge is -2.19. The predicted octanol–water partition coefficient (Wildman–Crippen LogP) is 1.40. The first-order valence-electron chi connectivity index (χ1n) is 6.94. The Morgan fingerprint density at radius 3 is 2.56 bits per heavy atom. The van der Waals surface area contributed by atoms with Crippen molar-refractivity contribution >= 4 is 0 Å². The molecule has 3 nitrogen and oxygen atoms in total. The Hall–Kier alpha value is -0.120. The number of likely N-dealkylation sites (N-methyl/N-ethyl adjacent to an activating group) is 1. The van der Waals surface area contributed by atoms with Crippen LogP contribution in [0.4, 0.5) is 0 Å². The molecule has 1 fully saturated rings. The Kier molecular flexibility index (Phi) is 7.81. The molecule has 0 aromatic rings. The van der Waals surface area contributed by atoms with E-state index >= 15 is 0 Å². The van der Waals surface area contributed by atoms with Crippen molar-refractivity contribution in [2.45, 2.75) is 32.6 Å². The zero-order valence-corrected chi connectivity index (χ0v) is 11.2. The second-order valence-corrected chi connectivity index (χ2v) is 4.96. The minimum Gasteiger partial charge on any atom is -0.315 e. The maximum atomic E-state index is 3.45. The minimum absolute atomic E-state index is 1.13. The Morgan fingerprint density at radius 1 is 1.12 bits per heavy atom. The second-order valence-electron chi connectivity index (χ2n) is 4.96. The summed E-state index contributed by atoms with van der Waals surface area (Å²) >= 11 is 0. The molecule has 0 aliphatic carbocycles. The van der Waals surface area contributed by atoms with Crippen molar-refractivity contribution in [3.8, 4) is 0 Å². The van der Waals surface area contributed by atoms with Crippen LogP contribution in [-0.2, 0) is 0 Å².